The molecule has 0 aliphatic rings. The summed E-state index contributed by atoms with van der Waals surface area (Å²) in [6.45, 7) is 0. The molecule has 0 aromatic heterocycles. The lowest BCUT2D eigenvalue weighted by molar-refractivity contribution is 1.28. The minimum absolute atomic E-state index is 1.08. The summed E-state index contributed by atoms with van der Waals surface area (Å²) < 4.78 is 0. The first kappa shape index (κ1) is 44.6. The number of rotatable bonds is 15. The highest BCUT2D eigenvalue weighted by Crippen LogP contribution is 2.43. The lowest BCUT2D eigenvalue weighted by Gasteiger charge is -2.28. The van der Waals surface area contributed by atoms with Crippen LogP contribution in [-0.2, 0) is 0 Å². The van der Waals surface area contributed by atoms with E-state index in [1.165, 1.54) is 33.4 Å². The summed E-state index contributed by atoms with van der Waals surface area (Å²) in [5, 5.41) is 0. The van der Waals surface area contributed by atoms with E-state index in [1.807, 2.05) is 12.1 Å². The molecule has 0 radical (unpaired) electrons. The second-order valence-corrected chi connectivity index (χ2v) is 17.0. The monoisotopic (exact) mass is 896 g/mol. The van der Waals surface area contributed by atoms with Crippen molar-refractivity contribution in [1.29, 1.82) is 0 Å². The molecule has 70 heavy (non-hydrogen) atoms. The van der Waals surface area contributed by atoms with Crippen LogP contribution in [0.25, 0.3) is 57.7 Å². The zero-order valence-corrected chi connectivity index (χ0v) is 38.9. The van der Waals surface area contributed by atoms with Crippen molar-refractivity contribution in [2.24, 2.45) is 0 Å². The number of hydrogen-bond donors (Lipinski definition) is 0. The van der Waals surface area contributed by atoms with Gasteiger partial charge < -0.3 is 9.80 Å². The third kappa shape index (κ3) is 10.8. The van der Waals surface area contributed by atoms with E-state index in [4.69, 9.17) is 0 Å². The molecule has 0 N–H and O–H groups in total. The van der Waals surface area contributed by atoms with Crippen LogP contribution >= 0.6 is 0 Å². The lowest BCUT2D eigenvalue weighted by Crippen LogP contribution is -2.11. The average Bonchev–Trinajstić information content (AvgIpc) is 3.44. The normalized spacial score (nSPS) is 11.5. The molecule has 0 spiro atoms. The predicted molar refractivity (Wildman–Crippen MR) is 301 cm³/mol. The zero-order valence-electron chi connectivity index (χ0n) is 38.9. The van der Waals surface area contributed by atoms with Gasteiger partial charge in [0.1, 0.15) is 0 Å². The van der Waals surface area contributed by atoms with Gasteiger partial charge in [-0.05, 0) is 105 Å². The molecule has 0 saturated carbocycles. The molecular formula is C68H52N2. The van der Waals surface area contributed by atoms with E-state index in [1.54, 1.807) is 0 Å². The summed E-state index contributed by atoms with van der Waals surface area (Å²) in [5.41, 5.74) is 18.1. The van der Waals surface area contributed by atoms with Gasteiger partial charge in [-0.1, -0.05) is 255 Å². The van der Waals surface area contributed by atoms with E-state index in [9.17, 15) is 0 Å². The fourth-order valence-electron chi connectivity index (χ4n) is 8.79. The van der Waals surface area contributed by atoms with E-state index in [0.29, 0.717) is 0 Å². The van der Waals surface area contributed by atoms with Gasteiger partial charge >= 0.3 is 0 Å². The number of hydrogen-bond acceptors (Lipinski definition) is 2. The Morgan fingerprint density at radius 1 is 0.200 bits per heavy atom. The molecule has 2 nitrogen and oxygen atoms in total. The molecule has 0 fully saturated rings. The van der Waals surface area contributed by atoms with E-state index >= 15 is 0 Å². The van der Waals surface area contributed by atoms with Crippen molar-refractivity contribution in [3.05, 3.63) is 313 Å². The summed E-state index contributed by atoms with van der Waals surface area (Å²) in [5.74, 6) is 0. The lowest BCUT2D eigenvalue weighted by atomic mass is 10.00. The van der Waals surface area contributed by atoms with Gasteiger partial charge in [-0.25, -0.2) is 0 Å². The second-order valence-electron chi connectivity index (χ2n) is 17.0. The predicted octanol–water partition coefficient (Wildman–Crippen LogP) is 19.1. The van der Waals surface area contributed by atoms with Gasteiger partial charge in [0, 0.05) is 33.9 Å². The van der Waals surface area contributed by atoms with Crippen LogP contribution in [0, 0.1) is 0 Å². The smallest absolute Gasteiger partial charge is 0.0540 e. The minimum atomic E-state index is 1.08. The Hall–Kier alpha value is -9.24. The summed E-state index contributed by atoms with van der Waals surface area (Å²) in [6.07, 6.45) is 16.9. The van der Waals surface area contributed by atoms with E-state index in [2.05, 4.69) is 313 Å². The van der Waals surface area contributed by atoms with Crippen molar-refractivity contribution in [1.82, 2.24) is 0 Å². The maximum Gasteiger partial charge on any atom is 0.0540 e. The Bertz CT molecular complexity index is 3120. The maximum absolute atomic E-state index is 2.36. The van der Waals surface area contributed by atoms with Gasteiger partial charge in [0.2, 0.25) is 0 Å². The van der Waals surface area contributed by atoms with Crippen LogP contribution in [0.15, 0.2) is 291 Å². The van der Waals surface area contributed by atoms with Crippen molar-refractivity contribution >= 4 is 58.4 Å². The van der Waals surface area contributed by atoms with Crippen molar-refractivity contribution in [3.8, 4) is 33.4 Å². The fraction of sp³-hybridized carbons (Fsp3) is 0. The van der Waals surface area contributed by atoms with Crippen LogP contribution in [0.3, 0.4) is 0 Å². The van der Waals surface area contributed by atoms with Crippen LogP contribution in [0.1, 0.15) is 22.3 Å². The van der Waals surface area contributed by atoms with Crippen LogP contribution in [0.2, 0.25) is 0 Å². The Kier molecular flexibility index (Phi) is 14.0. The quantitative estimate of drug-likeness (QED) is 0.0946. The summed E-state index contributed by atoms with van der Waals surface area (Å²) in [4.78, 5) is 4.73. The molecule has 334 valence electrons. The van der Waals surface area contributed by atoms with Crippen LogP contribution < -0.4 is 9.80 Å². The van der Waals surface area contributed by atoms with Gasteiger partial charge in [0.25, 0.3) is 0 Å². The maximum atomic E-state index is 2.36. The number of para-hydroxylation sites is 2. The summed E-state index contributed by atoms with van der Waals surface area (Å²) in [7, 11) is 0. The van der Waals surface area contributed by atoms with Crippen LogP contribution in [0.5, 0.6) is 0 Å². The van der Waals surface area contributed by atoms with Crippen molar-refractivity contribution < 1.29 is 0 Å². The van der Waals surface area contributed by atoms with Gasteiger partial charge in [-0.3, -0.25) is 0 Å². The molecule has 10 aromatic carbocycles. The third-order valence-corrected chi connectivity index (χ3v) is 12.3. The second kappa shape index (κ2) is 22.0. The highest BCUT2D eigenvalue weighted by molar-refractivity contribution is 5.90. The molecule has 0 aliphatic carbocycles. The Labute approximate surface area is 413 Å². The molecule has 0 atom stereocenters. The first-order valence-corrected chi connectivity index (χ1v) is 23.8. The summed E-state index contributed by atoms with van der Waals surface area (Å²) in [6, 6.07) is 94.9. The SMILES string of the molecule is C(/C=C/c1ccc(N(c2ccc(-c3ccc(N(c4ccc(/C=C/C=C/c5ccccc5)cc4)c4ccccc4-c4ccccc4)cc3)cc2)c2ccccc2-c2ccccc2)cc1)=C\c1ccccc1. The molecule has 0 amide bonds. The minimum Gasteiger partial charge on any atom is -0.310 e. The van der Waals surface area contributed by atoms with Crippen molar-refractivity contribution in [2.45, 2.75) is 0 Å². The highest BCUT2D eigenvalue weighted by atomic mass is 15.1. The summed E-state index contributed by atoms with van der Waals surface area (Å²) >= 11 is 0. The molecule has 0 saturated heterocycles. The molecule has 0 unspecified atom stereocenters. The molecule has 0 aliphatic heterocycles. The Balaban J connectivity index is 0.953. The molecule has 10 aromatic rings. The number of nitrogens with zero attached hydrogens (tertiary/aromatic N) is 2. The molecule has 10 rings (SSSR count). The van der Waals surface area contributed by atoms with E-state index < -0.39 is 0 Å². The van der Waals surface area contributed by atoms with E-state index in [0.717, 1.165) is 56.4 Å². The van der Waals surface area contributed by atoms with Gasteiger partial charge in [0.05, 0.1) is 11.4 Å². The average molecular weight is 897 g/mol. The number of benzene rings is 10. The van der Waals surface area contributed by atoms with Crippen LogP contribution in [0.4, 0.5) is 34.1 Å². The fourth-order valence-corrected chi connectivity index (χ4v) is 8.79. The molecule has 0 heterocycles. The highest BCUT2D eigenvalue weighted by Gasteiger charge is 2.19. The number of allylic oxidation sites excluding steroid dienone is 4. The molecular weight excluding hydrogens is 845 g/mol. The third-order valence-electron chi connectivity index (χ3n) is 12.3. The van der Waals surface area contributed by atoms with Crippen LogP contribution in [-0.4, -0.2) is 0 Å². The first-order valence-electron chi connectivity index (χ1n) is 23.8. The first-order chi connectivity index (χ1) is 34.7. The largest absolute Gasteiger partial charge is 0.310 e. The molecule has 0 bridgehead atoms. The molecule has 2 heteroatoms. The van der Waals surface area contributed by atoms with Crippen molar-refractivity contribution in [2.75, 3.05) is 9.80 Å². The standard InChI is InChI=1S/C68H52N2/c1-5-21-53(22-6-1)25-13-15-27-55-37-45-61(46-38-55)69(67-35-19-17-33-65(67)59-29-9-3-10-30-59)63-49-41-57(42-50-63)58-43-51-64(52-44-58)70(68-36-20-18-34-66(68)60-31-11-4-12-32-60)62-47-39-56(40-48-62)28-16-14-26-54-23-7-2-8-24-54/h1-52H/b25-13+,26-14+,27-15+,28-16+. The van der Waals surface area contributed by atoms with Gasteiger partial charge in [-0.2, -0.15) is 0 Å². The number of anilines is 6. The Morgan fingerprint density at radius 2 is 0.457 bits per heavy atom. The van der Waals surface area contributed by atoms with Gasteiger partial charge in [-0.15, -0.1) is 0 Å². The topological polar surface area (TPSA) is 6.48 Å². The van der Waals surface area contributed by atoms with E-state index in [-0.39, 0.29) is 0 Å². The zero-order chi connectivity index (χ0) is 47.2. The Morgan fingerprint density at radius 3 is 0.786 bits per heavy atom. The van der Waals surface area contributed by atoms with Crippen molar-refractivity contribution in [3.63, 3.8) is 0 Å². The van der Waals surface area contributed by atoms with Gasteiger partial charge in [0.15, 0.2) is 0 Å².